The van der Waals surface area contributed by atoms with Gasteiger partial charge in [0.1, 0.15) is 12.5 Å². The van der Waals surface area contributed by atoms with Crippen molar-refractivity contribution in [1.29, 1.82) is 0 Å². The standard InChI is InChI=1S/C44H34N4/c1-3-12-30(13-4-1)32-22-23-45-41(24-32)48-29-47(38-19-9-10-20-39(38)48)40-21-11-18-35-36-27-44(25-33-16-7-8-17-34(33)26-44)28-37(36)42(46-43(35)40)31-14-5-2-6-15-31/h1-24H,25-29H2. The summed E-state index contributed by atoms with van der Waals surface area (Å²) in [6.07, 6.45) is 6.35. The minimum absolute atomic E-state index is 0.216. The molecular weight excluding hydrogens is 585 g/mol. The van der Waals surface area contributed by atoms with Gasteiger partial charge in [-0.05, 0) is 94.8 Å². The molecule has 3 heterocycles. The van der Waals surface area contributed by atoms with E-state index in [4.69, 9.17) is 9.97 Å². The van der Waals surface area contributed by atoms with E-state index in [1.165, 1.54) is 44.5 Å². The van der Waals surface area contributed by atoms with Crippen molar-refractivity contribution >= 4 is 33.8 Å². The second-order valence-electron chi connectivity index (χ2n) is 13.7. The van der Waals surface area contributed by atoms with Crippen molar-refractivity contribution in [2.45, 2.75) is 25.7 Å². The first-order valence-corrected chi connectivity index (χ1v) is 17.0. The van der Waals surface area contributed by atoms with E-state index in [1.54, 1.807) is 0 Å². The molecule has 1 spiro atoms. The average molecular weight is 619 g/mol. The summed E-state index contributed by atoms with van der Waals surface area (Å²) < 4.78 is 0. The Labute approximate surface area is 281 Å². The fourth-order valence-electron chi connectivity index (χ4n) is 8.65. The number of anilines is 4. The summed E-state index contributed by atoms with van der Waals surface area (Å²) in [4.78, 5) is 15.3. The highest BCUT2D eigenvalue weighted by Crippen LogP contribution is 2.52. The second-order valence-corrected chi connectivity index (χ2v) is 13.7. The van der Waals surface area contributed by atoms with Crippen molar-refractivity contribution in [2.24, 2.45) is 5.41 Å². The van der Waals surface area contributed by atoms with Crippen molar-refractivity contribution in [3.63, 3.8) is 0 Å². The van der Waals surface area contributed by atoms with E-state index in [0.29, 0.717) is 6.67 Å². The van der Waals surface area contributed by atoms with E-state index in [9.17, 15) is 0 Å². The van der Waals surface area contributed by atoms with Crippen LogP contribution in [0.15, 0.2) is 146 Å². The van der Waals surface area contributed by atoms with Gasteiger partial charge < -0.3 is 9.80 Å². The normalized spacial score (nSPS) is 15.6. The predicted octanol–water partition coefficient (Wildman–Crippen LogP) is 10.1. The summed E-state index contributed by atoms with van der Waals surface area (Å²) in [5.74, 6) is 0.938. The van der Waals surface area contributed by atoms with Crippen LogP contribution in [0.3, 0.4) is 0 Å². The Hall–Kier alpha value is -5.74. The fourth-order valence-corrected chi connectivity index (χ4v) is 8.65. The quantitative estimate of drug-likeness (QED) is 0.197. The molecule has 0 radical (unpaired) electrons. The van der Waals surface area contributed by atoms with E-state index < -0.39 is 0 Å². The fraction of sp³-hybridized carbons (Fsp3) is 0.136. The zero-order valence-corrected chi connectivity index (χ0v) is 26.7. The maximum atomic E-state index is 5.61. The van der Waals surface area contributed by atoms with Crippen LogP contribution in [0.1, 0.15) is 22.3 Å². The molecule has 0 saturated carbocycles. The third-order valence-electron chi connectivity index (χ3n) is 10.8. The van der Waals surface area contributed by atoms with E-state index in [-0.39, 0.29) is 5.41 Å². The van der Waals surface area contributed by atoms with E-state index in [1.807, 2.05) is 6.20 Å². The van der Waals surface area contributed by atoms with Crippen LogP contribution in [0, 0.1) is 5.41 Å². The van der Waals surface area contributed by atoms with Crippen molar-refractivity contribution in [1.82, 2.24) is 9.97 Å². The number of fused-ring (bicyclic) bond motifs is 5. The van der Waals surface area contributed by atoms with Gasteiger partial charge in [-0.3, -0.25) is 0 Å². The topological polar surface area (TPSA) is 32.3 Å². The van der Waals surface area contributed by atoms with Gasteiger partial charge in [-0.25, -0.2) is 9.97 Å². The maximum absolute atomic E-state index is 5.61. The van der Waals surface area contributed by atoms with Crippen molar-refractivity contribution in [3.05, 3.63) is 168 Å². The van der Waals surface area contributed by atoms with Gasteiger partial charge in [0.05, 0.1) is 28.3 Å². The van der Waals surface area contributed by atoms with Gasteiger partial charge in [-0.1, -0.05) is 109 Å². The monoisotopic (exact) mass is 618 g/mol. The molecule has 3 aliphatic rings. The molecule has 1 aliphatic heterocycles. The third kappa shape index (κ3) is 4.29. The second kappa shape index (κ2) is 10.6. The molecule has 230 valence electrons. The SMILES string of the molecule is c1ccc(-c2ccnc(N3CN(c4cccc5c6c(c(-c7ccccc7)nc45)CC4(Cc5ccccc5C4)C6)c4ccccc43)c2)cc1. The lowest BCUT2D eigenvalue weighted by Gasteiger charge is -2.23. The minimum atomic E-state index is 0.216. The Morgan fingerprint density at radius 1 is 0.500 bits per heavy atom. The molecule has 0 amide bonds. The molecule has 0 saturated heterocycles. The summed E-state index contributed by atoms with van der Waals surface area (Å²) in [6.45, 7) is 0.655. The zero-order valence-electron chi connectivity index (χ0n) is 26.7. The van der Waals surface area contributed by atoms with Crippen LogP contribution in [-0.2, 0) is 25.7 Å². The van der Waals surface area contributed by atoms with E-state index >= 15 is 0 Å². The van der Waals surface area contributed by atoms with Gasteiger partial charge in [-0.15, -0.1) is 0 Å². The average Bonchev–Trinajstić information content (AvgIpc) is 3.84. The molecule has 4 heteroatoms. The lowest BCUT2D eigenvalue weighted by molar-refractivity contribution is 0.327. The highest BCUT2D eigenvalue weighted by atomic mass is 15.4. The number of nitrogens with zero attached hydrogens (tertiary/aromatic N) is 4. The van der Waals surface area contributed by atoms with Gasteiger partial charge in [0, 0.05) is 17.1 Å². The molecule has 10 rings (SSSR count). The molecule has 0 unspecified atom stereocenters. The summed E-state index contributed by atoms with van der Waals surface area (Å²) in [5.41, 5.74) is 15.4. The molecule has 7 aromatic rings. The molecule has 0 fully saturated rings. The van der Waals surface area contributed by atoms with Gasteiger partial charge in [0.15, 0.2) is 0 Å². The molecule has 2 aliphatic carbocycles. The first-order valence-electron chi connectivity index (χ1n) is 17.0. The molecule has 0 bridgehead atoms. The smallest absolute Gasteiger partial charge is 0.135 e. The predicted molar refractivity (Wildman–Crippen MR) is 196 cm³/mol. The van der Waals surface area contributed by atoms with E-state index in [0.717, 1.165) is 59.7 Å². The first kappa shape index (κ1) is 27.4. The Kier molecular flexibility index (Phi) is 6.07. The van der Waals surface area contributed by atoms with Crippen LogP contribution in [0.2, 0.25) is 0 Å². The van der Waals surface area contributed by atoms with Gasteiger partial charge in [0.25, 0.3) is 0 Å². The largest absolute Gasteiger partial charge is 0.319 e. The lowest BCUT2D eigenvalue weighted by atomic mass is 9.81. The molecule has 4 nitrogen and oxygen atoms in total. The minimum Gasteiger partial charge on any atom is -0.319 e. The van der Waals surface area contributed by atoms with Crippen LogP contribution >= 0.6 is 0 Å². The molecule has 5 aromatic carbocycles. The first-order chi connectivity index (χ1) is 23.7. The van der Waals surface area contributed by atoms with Crippen LogP contribution in [0.5, 0.6) is 0 Å². The number of aromatic nitrogens is 2. The number of hydrogen-bond acceptors (Lipinski definition) is 4. The van der Waals surface area contributed by atoms with Gasteiger partial charge in [-0.2, -0.15) is 0 Å². The summed E-state index contributed by atoms with van der Waals surface area (Å²) in [7, 11) is 0. The number of para-hydroxylation sites is 3. The third-order valence-corrected chi connectivity index (χ3v) is 10.8. The number of benzene rings is 5. The highest BCUT2D eigenvalue weighted by Gasteiger charge is 2.44. The highest BCUT2D eigenvalue weighted by molar-refractivity contribution is 6.00. The number of hydrogen-bond donors (Lipinski definition) is 0. The van der Waals surface area contributed by atoms with Crippen LogP contribution < -0.4 is 9.80 Å². The number of pyridine rings is 2. The van der Waals surface area contributed by atoms with Gasteiger partial charge >= 0.3 is 0 Å². The Morgan fingerprint density at radius 3 is 1.88 bits per heavy atom. The molecule has 0 N–H and O–H groups in total. The Morgan fingerprint density at radius 2 is 1.12 bits per heavy atom. The molecule has 48 heavy (non-hydrogen) atoms. The van der Waals surface area contributed by atoms with Crippen molar-refractivity contribution in [3.8, 4) is 22.4 Å². The zero-order chi connectivity index (χ0) is 31.7. The summed E-state index contributed by atoms with van der Waals surface area (Å²) in [5, 5.41) is 1.29. The van der Waals surface area contributed by atoms with Crippen LogP contribution in [-0.4, -0.2) is 16.6 Å². The number of rotatable bonds is 4. The summed E-state index contributed by atoms with van der Waals surface area (Å²) >= 11 is 0. The van der Waals surface area contributed by atoms with Crippen LogP contribution in [0.4, 0.5) is 22.9 Å². The lowest BCUT2D eigenvalue weighted by Crippen LogP contribution is -2.25. The van der Waals surface area contributed by atoms with Crippen molar-refractivity contribution in [2.75, 3.05) is 16.5 Å². The van der Waals surface area contributed by atoms with Crippen molar-refractivity contribution < 1.29 is 0 Å². The maximum Gasteiger partial charge on any atom is 0.135 e. The summed E-state index contributed by atoms with van der Waals surface area (Å²) in [6, 6.07) is 50.2. The molecule has 0 atom stereocenters. The molecule has 2 aromatic heterocycles. The Balaban J connectivity index is 1.11. The van der Waals surface area contributed by atoms with Crippen LogP contribution in [0.25, 0.3) is 33.3 Å². The van der Waals surface area contributed by atoms with Gasteiger partial charge in [0.2, 0.25) is 0 Å². The Bertz CT molecular complexity index is 2320. The van der Waals surface area contributed by atoms with E-state index in [2.05, 4.69) is 149 Å². The molecular formula is C44H34N4.